The van der Waals surface area contributed by atoms with Gasteiger partial charge in [0, 0.05) is 19.0 Å². The van der Waals surface area contributed by atoms with Crippen LogP contribution in [-0.2, 0) is 11.2 Å². The van der Waals surface area contributed by atoms with Crippen molar-refractivity contribution in [1.29, 1.82) is 0 Å². The molecule has 0 heterocycles. The molecule has 1 aromatic carbocycles. The van der Waals surface area contributed by atoms with E-state index in [1.807, 2.05) is 39.0 Å². The number of nitrogens with two attached hydrogens (primary N) is 1. The van der Waals surface area contributed by atoms with Gasteiger partial charge in [0.1, 0.15) is 0 Å². The first kappa shape index (κ1) is 17.3. The summed E-state index contributed by atoms with van der Waals surface area (Å²) in [5.41, 5.74) is 6.68. The number of carbonyl (C=O) groups excluding carboxylic acids is 1. The van der Waals surface area contributed by atoms with Crippen LogP contribution in [0.3, 0.4) is 0 Å². The zero-order valence-corrected chi connectivity index (χ0v) is 13.1. The molecule has 1 rings (SSSR count). The molecule has 5 nitrogen and oxygen atoms in total. The van der Waals surface area contributed by atoms with Gasteiger partial charge < -0.3 is 20.5 Å². The van der Waals surface area contributed by atoms with Crippen molar-refractivity contribution in [2.24, 2.45) is 5.73 Å². The fourth-order valence-electron chi connectivity index (χ4n) is 1.96. The fourth-order valence-corrected chi connectivity index (χ4v) is 1.96. The third-order valence-corrected chi connectivity index (χ3v) is 2.85. The Labute approximate surface area is 126 Å². The van der Waals surface area contributed by atoms with Gasteiger partial charge in [0.25, 0.3) is 0 Å². The van der Waals surface area contributed by atoms with E-state index in [2.05, 4.69) is 5.32 Å². The van der Waals surface area contributed by atoms with Crippen LogP contribution < -0.4 is 20.5 Å². The van der Waals surface area contributed by atoms with E-state index >= 15 is 0 Å². The standard InChI is InChI=1S/C16H26N2O3/c1-4-20-14-7-6-13(11-15(14)21-5-2)8-9-18-16(19)10-12(3)17/h6-7,11-12H,4-5,8-10,17H2,1-3H3,(H,18,19). The Morgan fingerprint density at radius 3 is 2.52 bits per heavy atom. The van der Waals surface area contributed by atoms with Crippen LogP contribution in [0.15, 0.2) is 18.2 Å². The second-order valence-corrected chi connectivity index (χ2v) is 4.93. The van der Waals surface area contributed by atoms with Gasteiger partial charge >= 0.3 is 0 Å². The van der Waals surface area contributed by atoms with Crippen molar-refractivity contribution < 1.29 is 14.3 Å². The predicted molar refractivity (Wildman–Crippen MR) is 83.8 cm³/mol. The highest BCUT2D eigenvalue weighted by atomic mass is 16.5. The number of carbonyl (C=O) groups is 1. The Kier molecular flexibility index (Phi) is 7.61. The number of hydrogen-bond acceptors (Lipinski definition) is 4. The van der Waals surface area contributed by atoms with Crippen LogP contribution in [0.4, 0.5) is 0 Å². The fraction of sp³-hybridized carbons (Fsp3) is 0.562. The van der Waals surface area contributed by atoms with Gasteiger partial charge in [-0.1, -0.05) is 6.07 Å². The topological polar surface area (TPSA) is 73.6 Å². The van der Waals surface area contributed by atoms with Crippen molar-refractivity contribution in [3.63, 3.8) is 0 Å². The number of nitrogens with one attached hydrogen (secondary N) is 1. The zero-order chi connectivity index (χ0) is 15.7. The van der Waals surface area contributed by atoms with Crippen molar-refractivity contribution in [2.75, 3.05) is 19.8 Å². The average molecular weight is 294 g/mol. The first-order chi connectivity index (χ1) is 10.1. The minimum Gasteiger partial charge on any atom is -0.490 e. The Morgan fingerprint density at radius 2 is 1.90 bits per heavy atom. The first-order valence-electron chi connectivity index (χ1n) is 7.47. The molecule has 0 aliphatic carbocycles. The molecule has 5 heteroatoms. The number of hydrogen-bond donors (Lipinski definition) is 2. The first-order valence-corrected chi connectivity index (χ1v) is 7.47. The number of benzene rings is 1. The molecular weight excluding hydrogens is 268 g/mol. The van der Waals surface area contributed by atoms with Crippen LogP contribution in [0, 0.1) is 0 Å². The monoisotopic (exact) mass is 294 g/mol. The molecule has 1 atom stereocenters. The number of amides is 1. The molecule has 1 unspecified atom stereocenters. The highest BCUT2D eigenvalue weighted by molar-refractivity contribution is 5.76. The summed E-state index contributed by atoms with van der Waals surface area (Å²) < 4.78 is 11.1. The van der Waals surface area contributed by atoms with Crippen molar-refractivity contribution >= 4 is 5.91 Å². The summed E-state index contributed by atoms with van der Waals surface area (Å²) in [7, 11) is 0. The van der Waals surface area contributed by atoms with Crippen LogP contribution in [0.2, 0.25) is 0 Å². The minimum atomic E-state index is -0.111. The molecule has 0 fully saturated rings. The van der Waals surface area contributed by atoms with E-state index in [0.717, 1.165) is 23.5 Å². The van der Waals surface area contributed by atoms with E-state index in [4.69, 9.17) is 15.2 Å². The maximum absolute atomic E-state index is 11.5. The van der Waals surface area contributed by atoms with E-state index in [9.17, 15) is 4.79 Å². The summed E-state index contributed by atoms with van der Waals surface area (Å²) in [6, 6.07) is 5.76. The Hall–Kier alpha value is -1.75. The summed E-state index contributed by atoms with van der Waals surface area (Å²) in [6.07, 6.45) is 1.10. The normalized spacial score (nSPS) is 11.8. The molecule has 21 heavy (non-hydrogen) atoms. The lowest BCUT2D eigenvalue weighted by Gasteiger charge is -2.13. The van der Waals surface area contributed by atoms with Crippen molar-refractivity contribution in [1.82, 2.24) is 5.32 Å². The quantitative estimate of drug-likeness (QED) is 0.729. The van der Waals surface area contributed by atoms with E-state index in [0.29, 0.717) is 26.2 Å². The van der Waals surface area contributed by atoms with Gasteiger partial charge in [0.2, 0.25) is 5.91 Å². The molecule has 0 aliphatic rings. The SMILES string of the molecule is CCOc1ccc(CCNC(=O)CC(C)N)cc1OCC. The van der Waals surface area contributed by atoms with Crippen LogP contribution in [0.25, 0.3) is 0 Å². The summed E-state index contributed by atoms with van der Waals surface area (Å²) in [5.74, 6) is 1.49. The molecule has 0 saturated heterocycles. The van der Waals surface area contributed by atoms with Crippen LogP contribution in [0.1, 0.15) is 32.8 Å². The van der Waals surface area contributed by atoms with Crippen molar-refractivity contribution in [2.45, 2.75) is 39.7 Å². The summed E-state index contributed by atoms with van der Waals surface area (Å²) >= 11 is 0. The third-order valence-electron chi connectivity index (χ3n) is 2.85. The highest BCUT2D eigenvalue weighted by Gasteiger charge is 2.07. The molecular formula is C16H26N2O3. The predicted octanol–water partition coefficient (Wildman–Crippen LogP) is 1.88. The molecule has 1 aromatic rings. The molecule has 0 aliphatic heterocycles. The Morgan fingerprint density at radius 1 is 1.24 bits per heavy atom. The molecule has 0 bridgehead atoms. The summed E-state index contributed by atoms with van der Waals surface area (Å²) in [5, 5.41) is 2.86. The van der Waals surface area contributed by atoms with Crippen molar-refractivity contribution in [3.8, 4) is 11.5 Å². The molecule has 0 radical (unpaired) electrons. The molecule has 0 spiro atoms. The Bertz CT molecular complexity index is 447. The van der Waals surface area contributed by atoms with Gasteiger partial charge in [-0.2, -0.15) is 0 Å². The lowest BCUT2D eigenvalue weighted by molar-refractivity contribution is -0.121. The lowest BCUT2D eigenvalue weighted by atomic mass is 10.1. The largest absolute Gasteiger partial charge is 0.490 e. The van der Waals surface area contributed by atoms with E-state index in [1.165, 1.54) is 0 Å². The van der Waals surface area contributed by atoms with Crippen molar-refractivity contribution in [3.05, 3.63) is 23.8 Å². The molecule has 118 valence electrons. The number of rotatable bonds is 9. The highest BCUT2D eigenvalue weighted by Crippen LogP contribution is 2.28. The molecule has 1 amide bonds. The third kappa shape index (κ3) is 6.49. The van der Waals surface area contributed by atoms with Crippen LogP contribution >= 0.6 is 0 Å². The summed E-state index contributed by atoms with van der Waals surface area (Å²) in [6.45, 7) is 7.49. The van der Waals surface area contributed by atoms with Gasteiger partial charge in [-0.05, 0) is 44.9 Å². The molecule has 0 saturated carbocycles. The second kappa shape index (κ2) is 9.23. The molecule has 0 aromatic heterocycles. The zero-order valence-electron chi connectivity index (χ0n) is 13.1. The van der Waals surface area contributed by atoms with Gasteiger partial charge in [-0.25, -0.2) is 0 Å². The minimum absolute atomic E-state index is 0.0130. The second-order valence-electron chi connectivity index (χ2n) is 4.93. The van der Waals surface area contributed by atoms with E-state index in [1.54, 1.807) is 0 Å². The van der Waals surface area contributed by atoms with E-state index in [-0.39, 0.29) is 11.9 Å². The van der Waals surface area contributed by atoms with Crippen LogP contribution in [-0.4, -0.2) is 31.7 Å². The smallest absolute Gasteiger partial charge is 0.221 e. The van der Waals surface area contributed by atoms with Gasteiger partial charge in [0.05, 0.1) is 13.2 Å². The maximum atomic E-state index is 11.5. The molecule has 3 N–H and O–H groups in total. The lowest BCUT2D eigenvalue weighted by Crippen LogP contribution is -2.31. The van der Waals surface area contributed by atoms with Gasteiger partial charge in [-0.3, -0.25) is 4.79 Å². The van der Waals surface area contributed by atoms with E-state index < -0.39 is 0 Å². The van der Waals surface area contributed by atoms with Crippen LogP contribution in [0.5, 0.6) is 11.5 Å². The maximum Gasteiger partial charge on any atom is 0.221 e. The Balaban J connectivity index is 2.55. The average Bonchev–Trinajstić information content (AvgIpc) is 2.41. The van der Waals surface area contributed by atoms with Gasteiger partial charge in [0.15, 0.2) is 11.5 Å². The summed E-state index contributed by atoms with van der Waals surface area (Å²) in [4.78, 5) is 11.5. The van der Waals surface area contributed by atoms with Gasteiger partial charge in [-0.15, -0.1) is 0 Å². The number of ether oxygens (including phenoxy) is 2.